The van der Waals surface area contributed by atoms with Gasteiger partial charge in [0.2, 0.25) is 0 Å². The van der Waals surface area contributed by atoms with Gasteiger partial charge in [0.25, 0.3) is 0 Å². The molecule has 0 bridgehead atoms. The molecule has 0 radical (unpaired) electrons. The molecule has 1 aliphatic carbocycles. The Labute approximate surface area is 133 Å². The minimum Gasteiger partial charge on any atom is -0.468 e. The molecule has 0 N–H and O–H groups in total. The first kappa shape index (κ1) is 15.0. The number of methoxy groups -OCH3 is 1. The summed E-state index contributed by atoms with van der Waals surface area (Å²) in [6, 6.07) is 7.55. The molecule has 0 saturated carbocycles. The van der Waals surface area contributed by atoms with Crippen molar-refractivity contribution in [1.82, 2.24) is 0 Å². The highest BCUT2D eigenvalue weighted by molar-refractivity contribution is 7.18. The third kappa shape index (κ3) is 1.87. The number of carbonyl (C=O) groups is 1. The van der Waals surface area contributed by atoms with Crippen LogP contribution in [0.15, 0.2) is 35.1 Å². The lowest BCUT2D eigenvalue weighted by Gasteiger charge is -2.36. The van der Waals surface area contributed by atoms with E-state index in [0.29, 0.717) is 10.9 Å². The van der Waals surface area contributed by atoms with Crippen LogP contribution in [0.2, 0.25) is 0 Å². The van der Waals surface area contributed by atoms with Crippen LogP contribution in [-0.4, -0.2) is 13.1 Å². The minimum absolute atomic E-state index is 0.000119. The van der Waals surface area contributed by atoms with E-state index >= 15 is 0 Å². The van der Waals surface area contributed by atoms with Crippen molar-refractivity contribution in [2.24, 2.45) is 5.92 Å². The first-order chi connectivity index (χ1) is 10.4. The van der Waals surface area contributed by atoms with Gasteiger partial charge in [-0.3, -0.25) is 9.59 Å². The molecule has 3 nitrogen and oxygen atoms in total. The Hall–Kier alpha value is -1.94. The van der Waals surface area contributed by atoms with Crippen LogP contribution in [-0.2, 0) is 14.9 Å². The number of benzene rings is 1. The number of hydrogen-bond acceptors (Lipinski definition) is 4. The van der Waals surface area contributed by atoms with Gasteiger partial charge in [-0.15, -0.1) is 11.3 Å². The predicted octanol–water partition coefficient (Wildman–Crippen LogP) is 3.75. The van der Waals surface area contributed by atoms with E-state index in [0.717, 1.165) is 15.2 Å². The van der Waals surface area contributed by atoms with Crippen LogP contribution in [0.3, 0.4) is 0 Å². The molecule has 4 heteroatoms. The summed E-state index contributed by atoms with van der Waals surface area (Å²) in [5, 5.41) is 0.709. The Morgan fingerprint density at radius 2 is 2.00 bits per heavy atom. The molecule has 2 aromatic rings. The van der Waals surface area contributed by atoms with Gasteiger partial charge in [-0.2, -0.15) is 0 Å². The van der Waals surface area contributed by atoms with E-state index in [-0.39, 0.29) is 17.3 Å². The average Bonchev–Trinajstić information content (AvgIpc) is 2.51. The molecule has 0 spiro atoms. The molecule has 2 unspecified atom stereocenters. The zero-order chi connectivity index (χ0) is 16.1. The lowest BCUT2D eigenvalue weighted by molar-refractivity contribution is -0.148. The van der Waals surface area contributed by atoms with Crippen LogP contribution in [0.5, 0.6) is 0 Å². The summed E-state index contributed by atoms with van der Waals surface area (Å²) < 4.78 is 5.95. The van der Waals surface area contributed by atoms with Gasteiger partial charge in [-0.1, -0.05) is 25.1 Å². The molecule has 1 aliphatic rings. The standard InChI is InChI=1S/C18H18O3S/c1-10-9-11(2)18(3,17(20)21-4)16-14(10)15(19)12-7-5-6-8-13(12)22-16/h5-9,11H,1-4H3. The van der Waals surface area contributed by atoms with Crippen molar-refractivity contribution in [2.45, 2.75) is 26.2 Å². The summed E-state index contributed by atoms with van der Waals surface area (Å²) in [4.78, 5) is 26.2. The zero-order valence-corrected chi connectivity index (χ0v) is 13.9. The van der Waals surface area contributed by atoms with Crippen LogP contribution < -0.4 is 5.43 Å². The summed E-state index contributed by atoms with van der Waals surface area (Å²) in [5.41, 5.74) is 0.781. The second-order valence-electron chi connectivity index (χ2n) is 5.96. The fraction of sp³-hybridized carbons (Fsp3) is 0.333. The van der Waals surface area contributed by atoms with Crippen molar-refractivity contribution in [3.63, 3.8) is 0 Å². The Morgan fingerprint density at radius 3 is 2.68 bits per heavy atom. The van der Waals surface area contributed by atoms with Crippen molar-refractivity contribution in [1.29, 1.82) is 0 Å². The first-order valence-electron chi connectivity index (χ1n) is 7.24. The van der Waals surface area contributed by atoms with Gasteiger partial charge in [0.15, 0.2) is 5.43 Å². The highest BCUT2D eigenvalue weighted by Crippen LogP contribution is 2.45. The van der Waals surface area contributed by atoms with E-state index in [9.17, 15) is 9.59 Å². The molecule has 3 rings (SSSR count). The number of ether oxygens (including phenoxy) is 1. The monoisotopic (exact) mass is 314 g/mol. The van der Waals surface area contributed by atoms with Crippen molar-refractivity contribution in [3.05, 3.63) is 51.0 Å². The summed E-state index contributed by atoms with van der Waals surface area (Å²) in [6.07, 6.45) is 2.00. The summed E-state index contributed by atoms with van der Waals surface area (Å²) in [6.45, 7) is 5.81. The topological polar surface area (TPSA) is 43.4 Å². The molecule has 0 aliphatic heterocycles. The number of allylic oxidation sites excluding steroid dienone is 2. The molecule has 0 saturated heterocycles. The van der Waals surface area contributed by atoms with Crippen LogP contribution in [0.25, 0.3) is 15.7 Å². The van der Waals surface area contributed by atoms with Crippen molar-refractivity contribution < 1.29 is 9.53 Å². The van der Waals surface area contributed by atoms with Crippen LogP contribution >= 0.6 is 11.3 Å². The van der Waals surface area contributed by atoms with Gasteiger partial charge in [-0.25, -0.2) is 0 Å². The highest BCUT2D eigenvalue weighted by atomic mass is 32.1. The molecule has 2 atom stereocenters. The summed E-state index contributed by atoms with van der Waals surface area (Å²) in [7, 11) is 1.40. The van der Waals surface area contributed by atoms with Gasteiger partial charge in [-0.05, 0) is 37.5 Å². The number of hydrogen-bond donors (Lipinski definition) is 0. The maximum atomic E-state index is 12.9. The average molecular weight is 314 g/mol. The van der Waals surface area contributed by atoms with Crippen molar-refractivity contribution >= 4 is 33.0 Å². The van der Waals surface area contributed by atoms with Crippen molar-refractivity contribution in [2.75, 3.05) is 7.11 Å². The maximum absolute atomic E-state index is 12.9. The third-order valence-electron chi connectivity index (χ3n) is 4.68. The Bertz CT molecular complexity index is 862. The zero-order valence-electron chi connectivity index (χ0n) is 13.1. The largest absolute Gasteiger partial charge is 0.468 e. The lowest BCUT2D eigenvalue weighted by atomic mass is 9.70. The molecule has 0 amide bonds. The van der Waals surface area contributed by atoms with Crippen LogP contribution in [0, 0.1) is 5.92 Å². The van der Waals surface area contributed by atoms with E-state index in [2.05, 4.69) is 0 Å². The summed E-state index contributed by atoms with van der Waals surface area (Å²) >= 11 is 1.52. The third-order valence-corrected chi connectivity index (χ3v) is 6.09. The van der Waals surface area contributed by atoms with Crippen LogP contribution in [0.1, 0.15) is 31.2 Å². The molecule has 22 heavy (non-hydrogen) atoms. The maximum Gasteiger partial charge on any atom is 0.317 e. The Balaban J connectivity index is 2.46. The first-order valence-corrected chi connectivity index (χ1v) is 8.06. The van der Waals surface area contributed by atoms with E-state index in [4.69, 9.17) is 4.74 Å². The van der Waals surface area contributed by atoms with E-state index in [1.54, 1.807) is 0 Å². The van der Waals surface area contributed by atoms with Gasteiger partial charge in [0, 0.05) is 20.5 Å². The van der Waals surface area contributed by atoms with E-state index in [1.807, 2.05) is 51.1 Å². The van der Waals surface area contributed by atoms with Crippen LogP contribution in [0.4, 0.5) is 0 Å². The predicted molar refractivity (Wildman–Crippen MR) is 90.3 cm³/mol. The van der Waals surface area contributed by atoms with E-state index < -0.39 is 5.41 Å². The normalized spacial score (nSPS) is 23.8. The quantitative estimate of drug-likeness (QED) is 0.753. The highest BCUT2D eigenvalue weighted by Gasteiger charge is 2.46. The lowest BCUT2D eigenvalue weighted by Crippen LogP contribution is -2.42. The number of esters is 1. The SMILES string of the molecule is COC(=O)C1(C)c2sc3ccccc3c(=O)c2C(C)=CC1C. The van der Waals surface area contributed by atoms with Gasteiger partial charge < -0.3 is 4.74 Å². The smallest absolute Gasteiger partial charge is 0.317 e. The number of rotatable bonds is 1. The van der Waals surface area contributed by atoms with Gasteiger partial charge in [0.05, 0.1) is 7.11 Å². The molecule has 1 aromatic heterocycles. The molecule has 1 aromatic carbocycles. The molecular formula is C18H18O3S. The number of fused-ring (bicyclic) bond motifs is 2. The van der Waals surface area contributed by atoms with Gasteiger partial charge >= 0.3 is 5.97 Å². The number of carbonyl (C=O) groups excluding carboxylic acids is 1. The summed E-state index contributed by atoms with van der Waals surface area (Å²) in [5.74, 6) is -0.319. The van der Waals surface area contributed by atoms with Crippen molar-refractivity contribution in [3.8, 4) is 0 Å². The molecular weight excluding hydrogens is 296 g/mol. The fourth-order valence-corrected chi connectivity index (χ4v) is 4.66. The Kier molecular flexibility index (Phi) is 3.44. The van der Waals surface area contributed by atoms with Gasteiger partial charge in [0.1, 0.15) is 5.41 Å². The van der Waals surface area contributed by atoms with E-state index in [1.165, 1.54) is 18.4 Å². The minimum atomic E-state index is -0.822. The molecule has 1 heterocycles. The second-order valence-corrected chi connectivity index (χ2v) is 7.02. The Morgan fingerprint density at radius 1 is 1.32 bits per heavy atom. The molecule has 114 valence electrons. The fourth-order valence-electron chi connectivity index (χ4n) is 3.19. The second kappa shape index (κ2) is 5.06. The molecule has 0 fully saturated rings.